The number of carbonyl (C=O) groups excluding carboxylic acids is 1. The highest BCUT2D eigenvalue weighted by Gasteiger charge is 2.13. The SMILES string of the molecule is COc1cccc(N(C)C(=O)c2ccc(N)cc2)c1. The largest absolute Gasteiger partial charge is 0.497 e. The fraction of sp³-hybridized carbons (Fsp3) is 0.133. The van der Waals surface area contributed by atoms with Gasteiger partial charge in [-0.2, -0.15) is 0 Å². The Kier molecular flexibility index (Phi) is 3.71. The lowest BCUT2D eigenvalue weighted by atomic mass is 10.1. The summed E-state index contributed by atoms with van der Waals surface area (Å²) >= 11 is 0. The lowest BCUT2D eigenvalue weighted by Gasteiger charge is -2.18. The number of nitrogen functional groups attached to an aromatic ring is 1. The van der Waals surface area contributed by atoms with Gasteiger partial charge in [-0.15, -0.1) is 0 Å². The van der Waals surface area contributed by atoms with E-state index in [0.717, 1.165) is 11.4 Å². The van der Waals surface area contributed by atoms with Crippen LogP contribution < -0.4 is 15.4 Å². The molecule has 0 bridgehead atoms. The zero-order valence-corrected chi connectivity index (χ0v) is 11.0. The van der Waals surface area contributed by atoms with Crippen LogP contribution in [-0.4, -0.2) is 20.1 Å². The number of benzene rings is 2. The minimum atomic E-state index is -0.0896. The van der Waals surface area contributed by atoms with Crippen LogP contribution in [0.2, 0.25) is 0 Å². The van der Waals surface area contributed by atoms with E-state index in [1.165, 1.54) is 0 Å². The number of rotatable bonds is 3. The molecular weight excluding hydrogens is 240 g/mol. The molecule has 0 heterocycles. The molecule has 98 valence electrons. The Morgan fingerprint density at radius 3 is 2.47 bits per heavy atom. The van der Waals surface area contributed by atoms with E-state index in [-0.39, 0.29) is 5.91 Å². The number of methoxy groups -OCH3 is 1. The Bertz CT molecular complexity index is 579. The van der Waals surface area contributed by atoms with Crippen LogP contribution in [0.5, 0.6) is 5.75 Å². The number of hydrogen-bond donors (Lipinski definition) is 1. The van der Waals surface area contributed by atoms with Gasteiger partial charge in [0.25, 0.3) is 5.91 Å². The second-order valence-electron chi connectivity index (χ2n) is 4.19. The van der Waals surface area contributed by atoms with Gasteiger partial charge >= 0.3 is 0 Å². The number of amides is 1. The van der Waals surface area contributed by atoms with Crippen molar-refractivity contribution in [2.24, 2.45) is 0 Å². The fourth-order valence-electron chi connectivity index (χ4n) is 1.76. The van der Waals surface area contributed by atoms with Crippen LogP contribution in [0.4, 0.5) is 11.4 Å². The van der Waals surface area contributed by atoms with Crippen LogP contribution >= 0.6 is 0 Å². The lowest BCUT2D eigenvalue weighted by Crippen LogP contribution is -2.26. The normalized spacial score (nSPS) is 10.0. The molecule has 1 amide bonds. The third kappa shape index (κ3) is 2.85. The van der Waals surface area contributed by atoms with E-state index < -0.39 is 0 Å². The summed E-state index contributed by atoms with van der Waals surface area (Å²) in [6.07, 6.45) is 0. The van der Waals surface area contributed by atoms with E-state index in [9.17, 15) is 4.79 Å². The van der Waals surface area contributed by atoms with Crippen molar-refractivity contribution in [3.8, 4) is 5.75 Å². The van der Waals surface area contributed by atoms with Crippen molar-refractivity contribution >= 4 is 17.3 Å². The highest BCUT2D eigenvalue weighted by atomic mass is 16.5. The zero-order chi connectivity index (χ0) is 13.8. The summed E-state index contributed by atoms with van der Waals surface area (Å²) in [5, 5.41) is 0. The Morgan fingerprint density at radius 1 is 1.16 bits per heavy atom. The summed E-state index contributed by atoms with van der Waals surface area (Å²) in [4.78, 5) is 13.9. The van der Waals surface area contributed by atoms with Gasteiger partial charge in [-0.25, -0.2) is 0 Å². The van der Waals surface area contributed by atoms with Gasteiger partial charge in [-0.3, -0.25) is 4.79 Å². The van der Waals surface area contributed by atoms with Crippen molar-refractivity contribution in [3.63, 3.8) is 0 Å². The van der Waals surface area contributed by atoms with Crippen molar-refractivity contribution in [2.75, 3.05) is 24.8 Å². The van der Waals surface area contributed by atoms with Gasteiger partial charge in [0.05, 0.1) is 7.11 Å². The monoisotopic (exact) mass is 256 g/mol. The topological polar surface area (TPSA) is 55.6 Å². The summed E-state index contributed by atoms with van der Waals surface area (Å²) in [6, 6.07) is 14.2. The molecule has 2 rings (SSSR count). The van der Waals surface area contributed by atoms with Gasteiger partial charge < -0.3 is 15.4 Å². The number of nitrogens with two attached hydrogens (primary N) is 1. The van der Waals surface area contributed by atoms with Gasteiger partial charge in [0.2, 0.25) is 0 Å². The molecule has 0 saturated carbocycles. The Labute approximate surface area is 112 Å². The molecule has 2 N–H and O–H groups in total. The molecule has 4 nitrogen and oxygen atoms in total. The second-order valence-corrected chi connectivity index (χ2v) is 4.19. The van der Waals surface area contributed by atoms with Gasteiger partial charge in [0.1, 0.15) is 5.75 Å². The van der Waals surface area contributed by atoms with E-state index in [1.54, 1.807) is 43.3 Å². The van der Waals surface area contributed by atoms with E-state index in [2.05, 4.69) is 0 Å². The molecule has 19 heavy (non-hydrogen) atoms. The minimum Gasteiger partial charge on any atom is -0.497 e. The third-order valence-corrected chi connectivity index (χ3v) is 2.90. The van der Waals surface area contributed by atoms with E-state index in [0.29, 0.717) is 11.3 Å². The lowest BCUT2D eigenvalue weighted by molar-refractivity contribution is 0.0993. The molecule has 0 radical (unpaired) electrons. The predicted octanol–water partition coefficient (Wildman–Crippen LogP) is 2.55. The number of anilines is 2. The molecule has 2 aromatic rings. The maximum Gasteiger partial charge on any atom is 0.258 e. The molecule has 0 aliphatic heterocycles. The van der Waals surface area contributed by atoms with E-state index in [4.69, 9.17) is 10.5 Å². The number of nitrogens with zero attached hydrogens (tertiary/aromatic N) is 1. The average Bonchev–Trinajstić information content (AvgIpc) is 2.46. The van der Waals surface area contributed by atoms with Crippen LogP contribution in [0.1, 0.15) is 10.4 Å². The van der Waals surface area contributed by atoms with Crippen molar-refractivity contribution in [2.45, 2.75) is 0 Å². The predicted molar refractivity (Wildman–Crippen MR) is 76.6 cm³/mol. The third-order valence-electron chi connectivity index (χ3n) is 2.90. The summed E-state index contributed by atoms with van der Waals surface area (Å²) in [7, 11) is 3.33. The van der Waals surface area contributed by atoms with Gasteiger partial charge in [0.15, 0.2) is 0 Å². The van der Waals surface area contributed by atoms with Crippen molar-refractivity contribution in [1.29, 1.82) is 0 Å². The quantitative estimate of drug-likeness (QED) is 0.859. The first kappa shape index (κ1) is 13.0. The van der Waals surface area contributed by atoms with E-state index >= 15 is 0 Å². The summed E-state index contributed by atoms with van der Waals surface area (Å²) < 4.78 is 5.15. The second kappa shape index (κ2) is 5.44. The molecular formula is C15H16N2O2. The van der Waals surface area contributed by atoms with E-state index in [1.807, 2.05) is 24.3 Å². The number of ether oxygens (including phenoxy) is 1. The van der Waals surface area contributed by atoms with Gasteiger partial charge in [0, 0.05) is 30.1 Å². The molecule has 4 heteroatoms. The van der Waals surface area contributed by atoms with Crippen molar-refractivity contribution < 1.29 is 9.53 Å². The van der Waals surface area contributed by atoms with Crippen LogP contribution in [0, 0.1) is 0 Å². The smallest absolute Gasteiger partial charge is 0.258 e. The summed E-state index contributed by atoms with van der Waals surface area (Å²) in [5.74, 6) is 0.628. The zero-order valence-electron chi connectivity index (χ0n) is 11.0. The first-order chi connectivity index (χ1) is 9.11. The molecule has 0 spiro atoms. The summed E-state index contributed by atoms with van der Waals surface area (Å²) in [5.41, 5.74) is 7.63. The summed E-state index contributed by atoms with van der Waals surface area (Å²) in [6.45, 7) is 0. The minimum absolute atomic E-state index is 0.0896. The molecule has 0 fully saturated rings. The standard InChI is InChI=1S/C15H16N2O2/c1-17(13-4-3-5-14(10-13)19-2)15(18)11-6-8-12(16)9-7-11/h3-10H,16H2,1-2H3. The number of hydrogen-bond acceptors (Lipinski definition) is 3. The Balaban J connectivity index is 2.25. The van der Waals surface area contributed by atoms with Crippen LogP contribution in [0.25, 0.3) is 0 Å². The fourth-order valence-corrected chi connectivity index (χ4v) is 1.76. The molecule has 0 aromatic heterocycles. The highest BCUT2D eigenvalue weighted by molar-refractivity contribution is 6.05. The molecule has 0 aliphatic carbocycles. The van der Waals surface area contributed by atoms with Crippen LogP contribution in [-0.2, 0) is 0 Å². The molecule has 2 aromatic carbocycles. The maximum atomic E-state index is 12.3. The van der Waals surface area contributed by atoms with Crippen LogP contribution in [0.3, 0.4) is 0 Å². The molecule has 0 aliphatic rings. The highest BCUT2D eigenvalue weighted by Crippen LogP contribution is 2.21. The average molecular weight is 256 g/mol. The van der Waals surface area contributed by atoms with Crippen molar-refractivity contribution in [3.05, 3.63) is 54.1 Å². The molecule has 0 unspecified atom stereocenters. The van der Waals surface area contributed by atoms with Gasteiger partial charge in [-0.1, -0.05) is 6.07 Å². The maximum absolute atomic E-state index is 12.3. The first-order valence-corrected chi connectivity index (χ1v) is 5.89. The molecule has 0 atom stereocenters. The molecule has 0 saturated heterocycles. The van der Waals surface area contributed by atoms with Crippen LogP contribution in [0.15, 0.2) is 48.5 Å². The van der Waals surface area contributed by atoms with Gasteiger partial charge in [-0.05, 0) is 36.4 Å². The van der Waals surface area contributed by atoms with Crippen molar-refractivity contribution in [1.82, 2.24) is 0 Å². The first-order valence-electron chi connectivity index (χ1n) is 5.89. The number of carbonyl (C=O) groups is 1. The Hall–Kier alpha value is -2.49. The Morgan fingerprint density at radius 2 is 1.84 bits per heavy atom.